The number of hydrogen-bond acceptors (Lipinski definition) is 3. The quantitative estimate of drug-likeness (QED) is 0.908. The van der Waals surface area contributed by atoms with Gasteiger partial charge in [-0.1, -0.05) is 19.4 Å². The highest BCUT2D eigenvalue weighted by Crippen LogP contribution is 2.33. The summed E-state index contributed by atoms with van der Waals surface area (Å²) in [6, 6.07) is 2.82. The Morgan fingerprint density at radius 1 is 1.29 bits per heavy atom. The summed E-state index contributed by atoms with van der Waals surface area (Å²) in [5.74, 6) is -1.29. The van der Waals surface area contributed by atoms with E-state index in [0.29, 0.717) is 19.4 Å². The van der Waals surface area contributed by atoms with Gasteiger partial charge < -0.3 is 5.32 Å². The van der Waals surface area contributed by atoms with Crippen LogP contribution in [0, 0.1) is 11.6 Å². The fraction of sp³-hybridized carbons (Fsp3) is 0.600. The average Bonchev–Trinajstić information content (AvgIpc) is 2.42. The number of rotatable bonds is 5. The van der Waals surface area contributed by atoms with E-state index in [9.17, 15) is 17.2 Å². The van der Waals surface area contributed by atoms with E-state index < -0.39 is 32.8 Å². The van der Waals surface area contributed by atoms with Gasteiger partial charge in [0, 0.05) is 5.56 Å². The number of benzene rings is 1. The van der Waals surface area contributed by atoms with Gasteiger partial charge in [0.1, 0.15) is 11.6 Å². The third-order valence-electron chi connectivity index (χ3n) is 3.93. The molecule has 1 N–H and O–H groups in total. The van der Waals surface area contributed by atoms with Crippen molar-refractivity contribution in [2.45, 2.75) is 43.9 Å². The maximum Gasteiger partial charge on any atom is 0.155 e. The zero-order valence-corrected chi connectivity index (χ0v) is 12.9. The average molecular weight is 317 g/mol. The van der Waals surface area contributed by atoms with Gasteiger partial charge in [0.25, 0.3) is 0 Å². The molecule has 6 heteroatoms. The van der Waals surface area contributed by atoms with Crippen LogP contribution < -0.4 is 5.32 Å². The normalized spacial score (nSPS) is 22.9. The molecule has 0 bridgehead atoms. The van der Waals surface area contributed by atoms with E-state index in [4.69, 9.17) is 0 Å². The van der Waals surface area contributed by atoms with Crippen LogP contribution in [0.25, 0.3) is 0 Å². The fourth-order valence-electron chi connectivity index (χ4n) is 2.88. The lowest BCUT2D eigenvalue weighted by molar-refractivity contribution is 0.416. The molecular formula is C15H21F2NO2S. The van der Waals surface area contributed by atoms with E-state index in [1.165, 1.54) is 18.2 Å². The molecule has 1 aromatic carbocycles. The molecule has 1 saturated heterocycles. The van der Waals surface area contributed by atoms with Crippen LogP contribution in [0.4, 0.5) is 8.78 Å². The standard InChI is InChI=1S/C15H21F2NO2S/c1-2-9-18-15(13-8-3-4-10-21(13,19)20)14-11(16)6-5-7-12(14)17/h5-7,13,15,18H,2-4,8-10H2,1H3. The minimum absolute atomic E-state index is 0.0953. The molecule has 2 unspecified atom stereocenters. The molecule has 21 heavy (non-hydrogen) atoms. The molecule has 3 nitrogen and oxygen atoms in total. The molecule has 1 aliphatic rings. The van der Waals surface area contributed by atoms with Crippen LogP contribution in [0.2, 0.25) is 0 Å². The van der Waals surface area contributed by atoms with Crippen molar-refractivity contribution in [3.63, 3.8) is 0 Å². The number of halogens is 2. The summed E-state index contributed by atoms with van der Waals surface area (Å²) < 4.78 is 52.7. The summed E-state index contributed by atoms with van der Waals surface area (Å²) in [5, 5.41) is 2.27. The van der Waals surface area contributed by atoms with Gasteiger partial charge in [-0.2, -0.15) is 0 Å². The molecule has 0 aliphatic carbocycles. The van der Waals surface area contributed by atoms with Crippen molar-refractivity contribution in [1.82, 2.24) is 5.32 Å². The first kappa shape index (κ1) is 16.4. The Hall–Kier alpha value is -1.01. The summed E-state index contributed by atoms with van der Waals surface area (Å²) >= 11 is 0. The highest BCUT2D eigenvalue weighted by molar-refractivity contribution is 7.92. The first-order valence-corrected chi connectivity index (χ1v) is 9.07. The molecule has 1 aliphatic heterocycles. The number of nitrogens with one attached hydrogen (secondary N) is 1. The number of hydrogen-bond donors (Lipinski definition) is 1. The highest BCUT2D eigenvalue weighted by atomic mass is 32.2. The summed E-state index contributed by atoms with van der Waals surface area (Å²) in [6.07, 6.45) is 2.60. The van der Waals surface area contributed by atoms with Crippen LogP contribution in [0.15, 0.2) is 18.2 Å². The van der Waals surface area contributed by atoms with Gasteiger partial charge in [-0.25, -0.2) is 17.2 Å². The monoisotopic (exact) mass is 317 g/mol. The fourth-order valence-corrected chi connectivity index (χ4v) is 4.96. The Morgan fingerprint density at radius 3 is 2.52 bits per heavy atom. The first-order chi connectivity index (χ1) is 9.97. The van der Waals surface area contributed by atoms with Crippen LogP contribution in [0.3, 0.4) is 0 Å². The van der Waals surface area contributed by atoms with Gasteiger partial charge in [-0.15, -0.1) is 0 Å². The summed E-state index contributed by atoms with van der Waals surface area (Å²) in [7, 11) is -3.33. The van der Waals surface area contributed by atoms with Crippen molar-refractivity contribution in [2.24, 2.45) is 0 Å². The summed E-state index contributed by atoms with van der Waals surface area (Å²) in [6.45, 7) is 2.45. The minimum Gasteiger partial charge on any atom is -0.309 e. The predicted molar refractivity (Wildman–Crippen MR) is 78.8 cm³/mol. The second-order valence-corrected chi connectivity index (χ2v) is 7.81. The van der Waals surface area contributed by atoms with Gasteiger partial charge in [0.2, 0.25) is 0 Å². The summed E-state index contributed by atoms with van der Waals surface area (Å²) in [4.78, 5) is 0. The predicted octanol–water partition coefficient (Wildman–Crippen LogP) is 2.97. The van der Waals surface area contributed by atoms with Crippen LogP contribution in [0.5, 0.6) is 0 Å². The molecule has 1 fully saturated rings. The van der Waals surface area contributed by atoms with Crippen LogP contribution in [0.1, 0.15) is 44.2 Å². The van der Waals surface area contributed by atoms with Gasteiger partial charge >= 0.3 is 0 Å². The van der Waals surface area contributed by atoms with Crippen LogP contribution in [-0.2, 0) is 9.84 Å². The molecule has 2 rings (SSSR count). The molecule has 1 aromatic rings. The van der Waals surface area contributed by atoms with Gasteiger partial charge in [0.15, 0.2) is 9.84 Å². The van der Waals surface area contributed by atoms with Crippen molar-refractivity contribution in [1.29, 1.82) is 0 Å². The zero-order valence-electron chi connectivity index (χ0n) is 12.1. The van der Waals surface area contributed by atoms with Crippen LogP contribution >= 0.6 is 0 Å². The van der Waals surface area contributed by atoms with E-state index in [1.54, 1.807) is 0 Å². The zero-order chi connectivity index (χ0) is 15.5. The molecule has 1 heterocycles. The Morgan fingerprint density at radius 2 is 1.95 bits per heavy atom. The Balaban J connectivity index is 2.43. The van der Waals surface area contributed by atoms with Crippen molar-refractivity contribution in [3.05, 3.63) is 35.4 Å². The maximum atomic E-state index is 14.1. The second kappa shape index (κ2) is 6.83. The van der Waals surface area contributed by atoms with Crippen molar-refractivity contribution in [2.75, 3.05) is 12.3 Å². The molecular weight excluding hydrogens is 296 g/mol. The van der Waals surface area contributed by atoms with Crippen molar-refractivity contribution >= 4 is 9.84 Å². The van der Waals surface area contributed by atoms with Gasteiger partial charge in [-0.3, -0.25) is 0 Å². The smallest absolute Gasteiger partial charge is 0.155 e. The SMILES string of the molecule is CCCNC(c1c(F)cccc1F)C1CCCCS1(=O)=O. The Kier molecular flexibility index (Phi) is 5.32. The Labute approximate surface area is 124 Å². The molecule has 2 atom stereocenters. The summed E-state index contributed by atoms with van der Waals surface area (Å²) in [5.41, 5.74) is -0.151. The Bertz CT molecular complexity index is 569. The van der Waals surface area contributed by atoms with Crippen molar-refractivity contribution < 1.29 is 17.2 Å². The molecule has 0 saturated carbocycles. The molecule has 118 valence electrons. The lowest BCUT2D eigenvalue weighted by Crippen LogP contribution is -2.41. The van der Waals surface area contributed by atoms with Gasteiger partial charge in [-0.05, 0) is 37.9 Å². The third-order valence-corrected chi connectivity index (χ3v) is 6.21. The van der Waals surface area contributed by atoms with Crippen molar-refractivity contribution in [3.8, 4) is 0 Å². The molecule has 0 amide bonds. The van der Waals surface area contributed by atoms with E-state index >= 15 is 0 Å². The van der Waals surface area contributed by atoms with E-state index in [0.717, 1.165) is 12.8 Å². The topological polar surface area (TPSA) is 46.2 Å². The number of sulfone groups is 1. The van der Waals surface area contributed by atoms with Gasteiger partial charge in [0.05, 0.1) is 17.0 Å². The van der Waals surface area contributed by atoms with E-state index in [2.05, 4.69) is 5.32 Å². The lowest BCUT2D eigenvalue weighted by Gasteiger charge is -2.31. The molecule has 0 radical (unpaired) electrons. The molecule has 0 spiro atoms. The van der Waals surface area contributed by atoms with E-state index in [1.807, 2.05) is 6.92 Å². The highest BCUT2D eigenvalue weighted by Gasteiger charge is 2.38. The second-order valence-electron chi connectivity index (χ2n) is 5.47. The minimum atomic E-state index is -3.33. The largest absolute Gasteiger partial charge is 0.309 e. The maximum absolute atomic E-state index is 14.1. The first-order valence-electron chi connectivity index (χ1n) is 7.36. The van der Waals surface area contributed by atoms with E-state index in [-0.39, 0.29) is 11.3 Å². The van der Waals surface area contributed by atoms with Crippen LogP contribution in [-0.4, -0.2) is 26.0 Å². The lowest BCUT2D eigenvalue weighted by atomic mass is 9.98. The molecule has 0 aromatic heterocycles. The third kappa shape index (κ3) is 3.61.